The first-order valence-electron chi connectivity index (χ1n) is 12.9. The Hall–Kier alpha value is -3.40. The number of ether oxygens (including phenoxy) is 1. The van der Waals surface area contributed by atoms with Crippen molar-refractivity contribution in [3.63, 3.8) is 0 Å². The Morgan fingerprint density at radius 3 is 2.23 bits per heavy atom. The molecule has 11 heteroatoms. The van der Waals surface area contributed by atoms with Crippen LogP contribution in [0.25, 0.3) is 0 Å². The number of Topliss-reactive ketones (excluding diaryl/α,β-unsaturated/α-hetero) is 1. The summed E-state index contributed by atoms with van der Waals surface area (Å²) < 4.78 is 5.47. The Morgan fingerprint density at radius 1 is 1.00 bits per heavy atom. The Bertz CT molecular complexity index is 1140. The molecule has 1 aromatic carbocycles. The molecule has 0 saturated carbocycles. The van der Waals surface area contributed by atoms with Crippen LogP contribution in [0.3, 0.4) is 0 Å². The van der Waals surface area contributed by atoms with E-state index in [9.17, 15) is 29.1 Å². The topological polar surface area (TPSA) is 142 Å². The smallest absolute Gasteiger partial charge is 0.328 e. The van der Waals surface area contributed by atoms with E-state index in [1.165, 1.54) is 37.9 Å². The molecular weight excluding hydrogens is 526 g/mol. The first kappa shape index (κ1) is 31.8. The van der Waals surface area contributed by atoms with Crippen LogP contribution >= 0.6 is 11.6 Å². The fraction of sp³-hybridized carbons (Fsp3) is 0.536. The molecule has 10 nitrogen and oxygen atoms in total. The van der Waals surface area contributed by atoms with E-state index in [1.807, 2.05) is 0 Å². The van der Waals surface area contributed by atoms with Crippen molar-refractivity contribution < 1.29 is 33.8 Å². The van der Waals surface area contributed by atoms with Crippen LogP contribution in [0.15, 0.2) is 30.4 Å². The fourth-order valence-corrected chi connectivity index (χ4v) is 4.62. The summed E-state index contributed by atoms with van der Waals surface area (Å²) in [5.41, 5.74) is 0.834. The van der Waals surface area contributed by atoms with Gasteiger partial charge in [0.15, 0.2) is 5.78 Å². The van der Waals surface area contributed by atoms with E-state index >= 15 is 0 Å². The molecule has 0 aliphatic carbocycles. The highest BCUT2D eigenvalue weighted by molar-refractivity contribution is 6.32. The van der Waals surface area contributed by atoms with Gasteiger partial charge in [-0.05, 0) is 56.9 Å². The zero-order chi connectivity index (χ0) is 29.6. The van der Waals surface area contributed by atoms with Gasteiger partial charge in [0, 0.05) is 25.3 Å². The number of likely N-dealkylation sites (N-methyl/N-ethyl adjacent to an activating group) is 1. The maximum Gasteiger partial charge on any atom is 0.328 e. The van der Waals surface area contributed by atoms with Crippen molar-refractivity contribution in [2.75, 3.05) is 7.05 Å². The van der Waals surface area contributed by atoms with E-state index in [0.717, 1.165) is 0 Å². The molecule has 1 saturated heterocycles. The van der Waals surface area contributed by atoms with E-state index in [1.54, 1.807) is 26.8 Å². The van der Waals surface area contributed by atoms with Gasteiger partial charge in [-0.2, -0.15) is 0 Å². The highest BCUT2D eigenvalue weighted by Crippen LogP contribution is 2.25. The Kier molecular flexibility index (Phi) is 11.1. The SMILES string of the molecule is C=C1C[C@H](C)C(=O)N[C@H](C)C(=O)N(C)[C@H](Cc2ccc(O)c(Cl)c2)C(=O)N[C@@H](C)C(=O)O[C@H](C)C[C@H](C)C1=O. The first-order valence-corrected chi connectivity index (χ1v) is 13.3. The van der Waals surface area contributed by atoms with Crippen molar-refractivity contribution in [1.82, 2.24) is 15.5 Å². The third-order valence-corrected chi connectivity index (χ3v) is 7.10. The lowest BCUT2D eigenvalue weighted by Crippen LogP contribution is -2.56. The molecule has 0 radical (unpaired) electrons. The van der Waals surface area contributed by atoms with Crippen LogP contribution in [-0.2, 0) is 35.1 Å². The van der Waals surface area contributed by atoms with Gasteiger partial charge in [0.2, 0.25) is 17.7 Å². The Balaban J connectivity index is 2.41. The van der Waals surface area contributed by atoms with Gasteiger partial charge in [-0.25, -0.2) is 4.79 Å². The van der Waals surface area contributed by atoms with Crippen molar-refractivity contribution in [1.29, 1.82) is 0 Å². The summed E-state index contributed by atoms with van der Waals surface area (Å²) in [6.45, 7) is 11.8. The summed E-state index contributed by atoms with van der Waals surface area (Å²) in [6, 6.07) is 1.30. The number of halogens is 1. The second-order valence-corrected chi connectivity index (χ2v) is 10.8. The third kappa shape index (κ3) is 8.54. The summed E-state index contributed by atoms with van der Waals surface area (Å²) in [6.07, 6.45) is -0.265. The Labute approximate surface area is 234 Å². The number of cyclic esters (lactones) is 1. The van der Waals surface area contributed by atoms with E-state index in [0.29, 0.717) is 5.56 Å². The number of hydrogen-bond acceptors (Lipinski definition) is 7. The molecule has 2 rings (SSSR count). The number of nitrogens with one attached hydrogen (secondary N) is 2. The molecular formula is C28H38ClN3O7. The predicted molar refractivity (Wildman–Crippen MR) is 146 cm³/mol. The minimum Gasteiger partial charge on any atom is -0.506 e. The molecule has 1 aromatic rings. The zero-order valence-electron chi connectivity index (χ0n) is 23.2. The molecule has 214 valence electrons. The van der Waals surface area contributed by atoms with Crippen molar-refractivity contribution in [2.45, 2.75) is 78.1 Å². The van der Waals surface area contributed by atoms with Crippen LogP contribution in [0.5, 0.6) is 5.75 Å². The second-order valence-electron chi connectivity index (χ2n) is 10.4. The molecule has 0 unspecified atom stereocenters. The molecule has 6 atom stereocenters. The molecule has 1 heterocycles. The number of benzene rings is 1. The molecule has 1 fully saturated rings. The summed E-state index contributed by atoms with van der Waals surface area (Å²) in [4.78, 5) is 66.2. The van der Waals surface area contributed by atoms with E-state index in [4.69, 9.17) is 16.3 Å². The number of aromatic hydroxyl groups is 1. The van der Waals surface area contributed by atoms with Gasteiger partial charge in [0.1, 0.15) is 23.9 Å². The van der Waals surface area contributed by atoms with Crippen LogP contribution < -0.4 is 10.6 Å². The highest BCUT2D eigenvalue weighted by Gasteiger charge is 2.34. The number of hydrogen-bond donors (Lipinski definition) is 3. The number of esters is 1. The molecule has 39 heavy (non-hydrogen) atoms. The van der Waals surface area contributed by atoms with Gasteiger partial charge in [-0.3, -0.25) is 19.2 Å². The normalized spacial score (nSPS) is 28.7. The highest BCUT2D eigenvalue weighted by atomic mass is 35.5. The standard InChI is InChI=1S/C28H38ClN3O7/c1-14-10-16(3)25(35)30-18(5)27(37)32(7)22(13-20-8-9-23(33)21(29)12-20)26(36)31-19(6)28(38)39-17(4)11-15(2)24(14)34/h8-9,12,15-19,22,33H,1,10-11,13H2,2-7H3,(H,30,35)(H,31,36)/t15-,16-,17+,18+,19-,22+/m0/s1. The number of allylic oxidation sites excluding steroid dienone is 1. The second kappa shape index (κ2) is 13.6. The lowest BCUT2D eigenvalue weighted by atomic mass is 9.90. The van der Waals surface area contributed by atoms with Crippen LogP contribution in [0.4, 0.5) is 0 Å². The lowest BCUT2D eigenvalue weighted by Gasteiger charge is -2.31. The van der Waals surface area contributed by atoms with E-state index < -0.39 is 59.8 Å². The van der Waals surface area contributed by atoms with Gasteiger partial charge in [0.25, 0.3) is 0 Å². The summed E-state index contributed by atoms with van der Waals surface area (Å²) in [5, 5.41) is 15.1. The first-order chi connectivity index (χ1) is 18.1. The van der Waals surface area contributed by atoms with Gasteiger partial charge in [-0.15, -0.1) is 0 Å². The maximum atomic E-state index is 13.4. The number of phenolic OH excluding ortho intramolecular Hbond substituents is 1. The third-order valence-electron chi connectivity index (χ3n) is 6.80. The van der Waals surface area contributed by atoms with Crippen LogP contribution in [0.2, 0.25) is 5.02 Å². The van der Waals surface area contributed by atoms with Crippen LogP contribution in [0, 0.1) is 11.8 Å². The molecule has 0 aromatic heterocycles. The minimum atomic E-state index is -1.08. The average Bonchev–Trinajstić information content (AvgIpc) is 2.86. The van der Waals surface area contributed by atoms with Crippen LogP contribution in [0.1, 0.15) is 53.0 Å². The van der Waals surface area contributed by atoms with E-state index in [2.05, 4.69) is 17.2 Å². The number of nitrogens with zero attached hydrogens (tertiary/aromatic N) is 1. The molecule has 3 amide bonds. The van der Waals surface area contributed by atoms with Crippen molar-refractivity contribution in [2.24, 2.45) is 11.8 Å². The summed E-state index contributed by atoms with van der Waals surface area (Å²) in [5.74, 6) is -3.81. The van der Waals surface area contributed by atoms with Gasteiger partial charge < -0.3 is 25.4 Å². The van der Waals surface area contributed by atoms with E-state index in [-0.39, 0.29) is 41.4 Å². The predicted octanol–water partition coefficient (Wildman–Crippen LogP) is 2.55. The van der Waals surface area contributed by atoms with Crippen molar-refractivity contribution in [3.05, 3.63) is 40.9 Å². The molecule has 0 bridgehead atoms. The van der Waals surface area contributed by atoms with Gasteiger partial charge in [-0.1, -0.05) is 38.1 Å². The van der Waals surface area contributed by atoms with Crippen LogP contribution in [-0.4, -0.2) is 70.8 Å². The number of carbonyl (C=O) groups excluding carboxylic acids is 5. The monoisotopic (exact) mass is 563 g/mol. The Morgan fingerprint density at radius 2 is 1.62 bits per heavy atom. The van der Waals surface area contributed by atoms with Crippen molar-refractivity contribution >= 4 is 41.1 Å². The summed E-state index contributed by atoms with van der Waals surface area (Å²) >= 11 is 6.04. The van der Waals surface area contributed by atoms with Crippen molar-refractivity contribution in [3.8, 4) is 5.75 Å². The van der Waals surface area contributed by atoms with Gasteiger partial charge in [0.05, 0.1) is 11.1 Å². The quantitative estimate of drug-likeness (QED) is 0.371. The lowest BCUT2D eigenvalue weighted by molar-refractivity contribution is -0.153. The van der Waals surface area contributed by atoms with Gasteiger partial charge >= 0.3 is 5.97 Å². The molecule has 0 spiro atoms. The maximum absolute atomic E-state index is 13.4. The summed E-state index contributed by atoms with van der Waals surface area (Å²) in [7, 11) is 1.42. The number of carbonyl (C=O) groups is 5. The molecule has 3 N–H and O–H groups in total. The largest absolute Gasteiger partial charge is 0.506 e. The minimum absolute atomic E-state index is 0.0166. The number of phenols is 1. The zero-order valence-corrected chi connectivity index (χ0v) is 24.0. The number of rotatable bonds is 2. The number of amides is 3. The fourth-order valence-electron chi connectivity index (χ4n) is 4.42. The molecule has 1 aliphatic rings. The number of ketones is 1. The average molecular weight is 564 g/mol. The molecule has 1 aliphatic heterocycles.